The smallest absolute Gasteiger partial charge is 0.419 e. The van der Waals surface area contributed by atoms with Gasteiger partial charge in [0, 0.05) is 23.9 Å². The third-order valence-electron chi connectivity index (χ3n) is 4.57. The molecule has 0 aliphatic rings. The van der Waals surface area contributed by atoms with Crippen molar-refractivity contribution in [1.29, 1.82) is 0 Å². The number of anilines is 1. The van der Waals surface area contributed by atoms with Crippen LogP contribution in [0.15, 0.2) is 59.0 Å². The number of hydrogen-bond donors (Lipinski definition) is 2. The molecule has 1 heterocycles. The molecule has 0 saturated heterocycles. The number of methoxy groups -OCH3 is 2. The summed E-state index contributed by atoms with van der Waals surface area (Å²) < 4.78 is 21.1. The molecular formula is C24H27N3O6. The SMILES string of the molecule is COc1ccc(C(=O)NCc2cccc(NC(=O)Oc3ccc(CN(C)C)o3)c2)cc1OC. The van der Waals surface area contributed by atoms with Crippen LogP contribution in [0.25, 0.3) is 0 Å². The predicted molar refractivity (Wildman–Crippen MR) is 123 cm³/mol. The molecule has 0 bridgehead atoms. The molecule has 9 nitrogen and oxygen atoms in total. The van der Waals surface area contributed by atoms with E-state index in [0.717, 1.165) is 5.56 Å². The number of carbonyl (C=O) groups excluding carboxylic acids is 2. The molecule has 2 N–H and O–H groups in total. The van der Waals surface area contributed by atoms with Crippen LogP contribution < -0.4 is 24.8 Å². The van der Waals surface area contributed by atoms with Gasteiger partial charge in [-0.25, -0.2) is 4.79 Å². The fourth-order valence-electron chi connectivity index (χ4n) is 3.07. The summed E-state index contributed by atoms with van der Waals surface area (Å²) in [7, 11) is 6.88. The number of benzene rings is 2. The Bertz CT molecular complexity index is 1110. The first-order chi connectivity index (χ1) is 15.9. The molecule has 2 aromatic carbocycles. The van der Waals surface area contributed by atoms with Crippen LogP contribution in [0.3, 0.4) is 0 Å². The quantitative estimate of drug-likeness (QED) is 0.507. The van der Waals surface area contributed by atoms with Crippen LogP contribution in [0.5, 0.6) is 17.4 Å². The van der Waals surface area contributed by atoms with Crippen LogP contribution in [0.1, 0.15) is 21.7 Å². The van der Waals surface area contributed by atoms with E-state index in [2.05, 4.69) is 10.6 Å². The van der Waals surface area contributed by atoms with Crippen molar-refractivity contribution >= 4 is 17.7 Å². The highest BCUT2D eigenvalue weighted by Gasteiger charge is 2.12. The molecule has 0 saturated carbocycles. The molecule has 9 heteroatoms. The summed E-state index contributed by atoms with van der Waals surface area (Å²) in [5, 5.41) is 5.50. The Kier molecular flexibility index (Phi) is 7.93. The van der Waals surface area contributed by atoms with E-state index >= 15 is 0 Å². The molecule has 2 amide bonds. The van der Waals surface area contributed by atoms with Gasteiger partial charge in [0.05, 0.1) is 20.8 Å². The Morgan fingerprint density at radius 3 is 2.48 bits per heavy atom. The van der Waals surface area contributed by atoms with E-state index in [9.17, 15) is 9.59 Å². The molecule has 174 valence electrons. The Labute approximate surface area is 192 Å². The first-order valence-corrected chi connectivity index (χ1v) is 10.2. The van der Waals surface area contributed by atoms with Crippen molar-refractivity contribution in [2.75, 3.05) is 33.6 Å². The Morgan fingerprint density at radius 1 is 0.970 bits per heavy atom. The molecule has 3 aromatic rings. The first-order valence-electron chi connectivity index (χ1n) is 10.2. The van der Waals surface area contributed by atoms with Gasteiger partial charge in [0.15, 0.2) is 11.5 Å². The zero-order valence-corrected chi connectivity index (χ0v) is 19.0. The van der Waals surface area contributed by atoms with E-state index in [-0.39, 0.29) is 18.4 Å². The summed E-state index contributed by atoms with van der Waals surface area (Å²) in [5.41, 5.74) is 1.77. The highest BCUT2D eigenvalue weighted by atomic mass is 16.6. The lowest BCUT2D eigenvalue weighted by atomic mass is 10.1. The highest BCUT2D eigenvalue weighted by Crippen LogP contribution is 2.27. The summed E-state index contributed by atoms with van der Waals surface area (Å²) in [4.78, 5) is 26.6. The largest absolute Gasteiger partial charge is 0.493 e. The average molecular weight is 453 g/mol. The van der Waals surface area contributed by atoms with Crippen LogP contribution >= 0.6 is 0 Å². The van der Waals surface area contributed by atoms with Gasteiger partial charge >= 0.3 is 6.09 Å². The molecule has 0 radical (unpaired) electrons. The van der Waals surface area contributed by atoms with Gasteiger partial charge in [-0.3, -0.25) is 10.1 Å². The summed E-state index contributed by atoms with van der Waals surface area (Å²) in [5.74, 6) is 1.56. The number of nitrogens with one attached hydrogen (secondary N) is 2. The van der Waals surface area contributed by atoms with Crippen molar-refractivity contribution in [2.24, 2.45) is 0 Å². The van der Waals surface area contributed by atoms with Crippen LogP contribution in [-0.2, 0) is 13.1 Å². The van der Waals surface area contributed by atoms with Gasteiger partial charge < -0.3 is 28.8 Å². The van der Waals surface area contributed by atoms with Crippen molar-refractivity contribution in [3.05, 3.63) is 71.5 Å². The Balaban J connectivity index is 1.55. The molecule has 0 aliphatic carbocycles. The van der Waals surface area contributed by atoms with Crippen molar-refractivity contribution in [2.45, 2.75) is 13.1 Å². The van der Waals surface area contributed by atoms with E-state index in [4.69, 9.17) is 18.6 Å². The second-order valence-corrected chi connectivity index (χ2v) is 7.43. The lowest BCUT2D eigenvalue weighted by Crippen LogP contribution is -2.23. The lowest BCUT2D eigenvalue weighted by molar-refractivity contribution is 0.0950. The molecule has 0 spiro atoms. The average Bonchev–Trinajstić information content (AvgIpc) is 3.22. The van der Waals surface area contributed by atoms with E-state index in [1.165, 1.54) is 14.2 Å². The summed E-state index contributed by atoms with van der Waals surface area (Å²) in [6, 6.07) is 15.4. The minimum Gasteiger partial charge on any atom is -0.493 e. The zero-order chi connectivity index (χ0) is 23.8. The third kappa shape index (κ3) is 6.75. The Hall–Kier alpha value is -3.98. The number of carbonyl (C=O) groups is 2. The van der Waals surface area contributed by atoms with Crippen molar-refractivity contribution in [1.82, 2.24) is 10.2 Å². The number of nitrogens with zero attached hydrogens (tertiary/aromatic N) is 1. The molecule has 1 aromatic heterocycles. The van der Waals surface area contributed by atoms with E-state index in [1.54, 1.807) is 48.5 Å². The predicted octanol–water partition coefficient (Wildman–Crippen LogP) is 3.90. The van der Waals surface area contributed by atoms with E-state index < -0.39 is 6.09 Å². The number of ether oxygens (including phenoxy) is 3. The standard InChI is InChI=1S/C24H27N3O6/c1-27(2)15-19-9-11-22(32-19)33-24(29)26-18-7-5-6-16(12-18)14-25-23(28)17-8-10-20(30-3)21(13-17)31-4/h5-13H,14-15H2,1-4H3,(H,25,28)(H,26,29). The topological polar surface area (TPSA) is 102 Å². The first kappa shape index (κ1) is 23.7. The fraction of sp³-hybridized carbons (Fsp3) is 0.250. The third-order valence-corrected chi connectivity index (χ3v) is 4.57. The molecule has 0 atom stereocenters. The number of amides is 2. The molecule has 0 aliphatic heterocycles. The molecule has 0 unspecified atom stereocenters. The summed E-state index contributed by atoms with van der Waals surface area (Å²) in [6.45, 7) is 0.867. The number of furan rings is 1. The van der Waals surface area contributed by atoms with Crippen molar-refractivity contribution < 1.29 is 28.2 Å². The highest BCUT2D eigenvalue weighted by molar-refractivity contribution is 5.94. The lowest BCUT2D eigenvalue weighted by Gasteiger charge is -2.11. The minimum absolute atomic E-state index is 0.114. The molecular weight excluding hydrogens is 426 g/mol. The fourth-order valence-corrected chi connectivity index (χ4v) is 3.07. The van der Waals surface area contributed by atoms with Crippen LogP contribution in [-0.4, -0.2) is 45.2 Å². The molecule has 33 heavy (non-hydrogen) atoms. The zero-order valence-electron chi connectivity index (χ0n) is 19.0. The second kappa shape index (κ2) is 11.1. The Morgan fingerprint density at radius 2 is 1.76 bits per heavy atom. The maximum Gasteiger partial charge on any atom is 0.419 e. The van der Waals surface area contributed by atoms with Gasteiger partial charge in [-0.05, 0) is 56.1 Å². The second-order valence-electron chi connectivity index (χ2n) is 7.43. The van der Waals surface area contributed by atoms with E-state index in [0.29, 0.717) is 35.1 Å². The summed E-state index contributed by atoms with van der Waals surface area (Å²) in [6.07, 6.45) is -0.674. The van der Waals surface area contributed by atoms with Crippen molar-refractivity contribution in [3.63, 3.8) is 0 Å². The van der Waals surface area contributed by atoms with Crippen LogP contribution in [0.4, 0.5) is 10.5 Å². The number of hydrogen-bond acceptors (Lipinski definition) is 7. The van der Waals surface area contributed by atoms with Gasteiger partial charge in [-0.15, -0.1) is 0 Å². The van der Waals surface area contributed by atoms with Crippen LogP contribution in [0.2, 0.25) is 0 Å². The van der Waals surface area contributed by atoms with Crippen molar-refractivity contribution in [3.8, 4) is 17.4 Å². The monoisotopic (exact) mass is 453 g/mol. The van der Waals surface area contributed by atoms with Crippen LogP contribution in [0, 0.1) is 0 Å². The maximum absolute atomic E-state index is 12.5. The normalized spacial score (nSPS) is 10.6. The minimum atomic E-state index is -0.674. The summed E-state index contributed by atoms with van der Waals surface area (Å²) >= 11 is 0. The van der Waals surface area contributed by atoms with Gasteiger partial charge in [-0.2, -0.15) is 0 Å². The molecule has 3 rings (SSSR count). The van der Waals surface area contributed by atoms with E-state index in [1.807, 2.05) is 25.1 Å². The molecule has 0 fully saturated rings. The number of rotatable bonds is 9. The van der Waals surface area contributed by atoms with Gasteiger partial charge in [0.1, 0.15) is 5.76 Å². The van der Waals surface area contributed by atoms with Gasteiger partial charge in [0.2, 0.25) is 0 Å². The van der Waals surface area contributed by atoms with Gasteiger partial charge in [-0.1, -0.05) is 12.1 Å². The van der Waals surface area contributed by atoms with Gasteiger partial charge in [0.25, 0.3) is 11.9 Å². The maximum atomic E-state index is 12.5.